The predicted molar refractivity (Wildman–Crippen MR) is 74.5 cm³/mol. The molecule has 3 rings (SSSR count). The third kappa shape index (κ3) is 1.61. The van der Waals surface area contributed by atoms with E-state index >= 15 is 0 Å². The Hall–Kier alpha value is -1.82. The van der Waals surface area contributed by atoms with Crippen molar-refractivity contribution in [3.8, 4) is 6.07 Å². The SMILES string of the molecule is C[C@@]1(c2ccccc2)OC(=O)[C@@H](C#N)C12CCCCC2. The average Bonchev–Trinajstić information content (AvgIpc) is 2.69. The lowest BCUT2D eigenvalue weighted by atomic mass is 9.57. The summed E-state index contributed by atoms with van der Waals surface area (Å²) in [5, 5.41) is 9.48. The second-order valence-electron chi connectivity index (χ2n) is 6.10. The van der Waals surface area contributed by atoms with Gasteiger partial charge in [-0.25, -0.2) is 0 Å². The number of ether oxygens (including phenoxy) is 1. The number of hydrogen-bond donors (Lipinski definition) is 0. The molecule has 104 valence electrons. The Balaban J connectivity index is 2.14. The molecule has 2 fully saturated rings. The number of carbonyl (C=O) groups is 1. The highest BCUT2D eigenvalue weighted by Gasteiger charge is 2.64. The Kier molecular flexibility index (Phi) is 3.05. The topological polar surface area (TPSA) is 50.1 Å². The van der Waals surface area contributed by atoms with Gasteiger partial charge in [0, 0.05) is 5.41 Å². The minimum Gasteiger partial charge on any atom is -0.453 e. The van der Waals surface area contributed by atoms with Crippen molar-refractivity contribution >= 4 is 5.97 Å². The van der Waals surface area contributed by atoms with E-state index in [4.69, 9.17) is 4.74 Å². The molecule has 1 aliphatic heterocycles. The van der Waals surface area contributed by atoms with Crippen LogP contribution in [0, 0.1) is 22.7 Å². The quantitative estimate of drug-likeness (QED) is 0.732. The van der Waals surface area contributed by atoms with Crippen LogP contribution in [-0.2, 0) is 15.1 Å². The van der Waals surface area contributed by atoms with Crippen molar-refractivity contribution in [1.82, 2.24) is 0 Å². The lowest BCUT2D eigenvalue weighted by Crippen LogP contribution is -2.44. The van der Waals surface area contributed by atoms with Crippen LogP contribution >= 0.6 is 0 Å². The van der Waals surface area contributed by atoms with Gasteiger partial charge in [0.15, 0.2) is 5.92 Å². The summed E-state index contributed by atoms with van der Waals surface area (Å²) in [7, 11) is 0. The summed E-state index contributed by atoms with van der Waals surface area (Å²) in [6.45, 7) is 1.99. The predicted octanol–water partition coefficient (Wildman–Crippen LogP) is 3.55. The van der Waals surface area contributed by atoms with Gasteiger partial charge in [0.1, 0.15) is 5.60 Å². The van der Waals surface area contributed by atoms with E-state index in [9.17, 15) is 10.1 Å². The number of carbonyl (C=O) groups excluding carboxylic acids is 1. The number of benzene rings is 1. The lowest BCUT2D eigenvalue weighted by Gasteiger charge is -2.45. The first-order chi connectivity index (χ1) is 9.64. The van der Waals surface area contributed by atoms with Crippen molar-refractivity contribution in [3.05, 3.63) is 35.9 Å². The van der Waals surface area contributed by atoms with Gasteiger partial charge in [0.2, 0.25) is 0 Å². The largest absolute Gasteiger partial charge is 0.453 e. The van der Waals surface area contributed by atoms with E-state index in [0.29, 0.717) is 0 Å². The van der Waals surface area contributed by atoms with E-state index < -0.39 is 11.5 Å². The van der Waals surface area contributed by atoms with Crippen LogP contribution in [0.15, 0.2) is 30.3 Å². The van der Waals surface area contributed by atoms with E-state index in [1.807, 2.05) is 37.3 Å². The number of nitrogens with zero attached hydrogens (tertiary/aromatic N) is 1. The summed E-state index contributed by atoms with van der Waals surface area (Å²) < 4.78 is 5.77. The Morgan fingerprint density at radius 2 is 1.85 bits per heavy atom. The molecule has 0 radical (unpaired) electrons. The summed E-state index contributed by atoms with van der Waals surface area (Å²) in [4.78, 5) is 12.2. The van der Waals surface area contributed by atoms with E-state index in [1.165, 1.54) is 6.42 Å². The van der Waals surface area contributed by atoms with Crippen molar-refractivity contribution < 1.29 is 9.53 Å². The van der Waals surface area contributed by atoms with Gasteiger partial charge in [-0.05, 0) is 25.3 Å². The van der Waals surface area contributed by atoms with Crippen molar-refractivity contribution in [2.75, 3.05) is 0 Å². The molecule has 1 saturated carbocycles. The Morgan fingerprint density at radius 3 is 2.45 bits per heavy atom. The molecule has 0 amide bonds. The minimum atomic E-state index is -0.674. The number of hydrogen-bond acceptors (Lipinski definition) is 3. The first kappa shape index (κ1) is 13.2. The number of nitriles is 1. The van der Waals surface area contributed by atoms with Gasteiger partial charge in [0.05, 0.1) is 6.07 Å². The molecular formula is C17H19NO2. The molecule has 0 N–H and O–H groups in total. The fourth-order valence-corrected chi connectivity index (χ4v) is 4.09. The van der Waals surface area contributed by atoms with Crippen molar-refractivity contribution in [3.63, 3.8) is 0 Å². The molecule has 1 saturated heterocycles. The second kappa shape index (κ2) is 4.63. The Labute approximate surface area is 119 Å². The Morgan fingerprint density at radius 1 is 1.20 bits per heavy atom. The molecule has 0 aromatic heterocycles. The van der Waals surface area contributed by atoms with E-state index in [-0.39, 0.29) is 11.4 Å². The van der Waals surface area contributed by atoms with Crippen molar-refractivity contribution in [2.45, 2.75) is 44.6 Å². The van der Waals surface area contributed by atoms with E-state index in [1.54, 1.807) is 0 Å². The van der Waals surface area contributed by atoms with Crippen LogP contribution in [0.3, 0.4) is 0 Å². The summed E-state index contributed by atoms with van der Waals surface area (Å²) in [6, 6.07) is 12.1. The summed E-state index contributed by atoms with van der Waals surface area (Å²) in [5.41, 5.74) is -0.0297. The van der Waals surface area contributed by atoms with Crippen LogP contribution in [0.4, 0.5) is 0 Å². The molecule has 20 heavy (non-hydrogen) atoms. The standard InChI is InChI=1S/C17H19NO2/c1-16(13-8-4-2-5-9-13)17(10-6-3-7-11-17)14(12-18)15(19)20-16/h2,4-5,8-9,14H,3,6-7,10-11H2,1H3/t14-,16+/m1/s1. The molecular weight excluding hydrogens is 250 g/mol. The fraction of sp³-hybridized carbons (Fsp3) is 0.529. The van der Waals surface area contributed by atoms with Crippen LogP contribution in [-0.4, -0.2) is 5.97 Å². The second-order valence-corrected chi connectivity index (χ2v) is 6.10. The van der Waals surface area contributed by atoms with Gasteiger partial charge in [-0.1, -0.05) is 49.6 Å². The zero-order valence-electron chi connectivity index (χ0n) is 11.8. The van der Waals surface area contributed by atoms with Crippen LogP contribution < -0.4 is 0 Å². The number of cyclic esters (lactones) is 1. The maximum Gasteiger partial charge on any atom is 0.324 e. The highest BCUT2D eigenvalue weighted by molar-refractivity contribution is 5.80. The fourth-order valence-electron chi connectivity index (χ4n) is 4.09. The summed E-state index contributed by atoms with van der Waals surface area (Å²) in [6.07, 6.45) is 5.10. The van der Waals surface area contributed by atoms with Crippen LogP contribution in [0.1, 0.15) is 44.6 Å². The molecule has 2 atom stereocenters. The third-order valence-corrected chi connectivity index (χ3v) is 5.24. The maximum absolute atomic E-state index is 12.2. The van der Waals surface area contributed by atoms with Crippen molar-refractivity contribution in [2.24, 2.45) is 11.3 Å². The lowest BCUT2D eigenvalue weighted by molar-refractivity contribution is -0.152. The zero-order valence-corrected chi connectivity index (χ0v) is 11.8. The third-order valence-electron chi connectivity index (χ3n) is 5.24. The molecule has 0 unspecified atom stereocenters. The molecule has 1 heterocycles. The number of rotatable bonds is 1. The van der Waals surface area contributed by atoms with Gasteiger partial charge in [-0.2, -0.15) is 5.26 Å². The molecule has 0 bridgehead atoms. The highest BCUT2D eigenvalue weighted by atomic mass is 16.6. The summed E-state index contributed by atoms with van der Waals surface area (Å²) in [5.74, 6) is -0.978. The molecule has 2 aliphatic rings. The normalized spacial score (nSPS) is 31.8. The number of esters is 1. The monoisotopic (exact) mass is 269 g/mol. The summed E-state index contributed by atoms with van der Waals surface area (Å²) >= 11 is 0. The molecule has 3 nitrogen and oxygen atoms in total. The molecule has 1 spiro atoms. The van der Waals surface area contributed by atoms with Crippen LogP contribution in [0.25, 0.3) is 0 Å². The smallest absolute Gasteiger partial charge is 0.324 e. The van der Waals surface area contributed by atoms with E-state index in [0.717, 1.165) is 31.2 Å². The molecule has 1 aliphatic carbocycles. The van der Waals surface area contributed by atoms with Gasteiger partial charge in [-0.15, -0.1) is 0 Å². The van der Waals surface area contributed by atoms with Gasteiger partial charge in [0.25, 0.3) is 0 Å². The first-order valence-electron chi connectivity index (χ1n) is 7.32. The van der Waals surface area contributed by atoms with Gasteiger partial charge in [-0.3, -0.25) is 4.79 Å². The highest BCUT2D eigenvalue weighted by Crippen LogP contribution is 2.60. The van der Waals surface area contributed by atoms with Gasteiger partial charge < -0.3 is 4.74 Å². The molecule has 1 aromatic carbocycles. The van der Waals surface area contributed by atoms with E-state index in [2.05, 4.69) is 6.07 Å². The maximum atomic E-state index is 12.2. The molecule has 1 aromatic rings. The van der Waals surface area contributed by atoms with Crippen molar-refractivity contribution in [1.29, 1.82) is 5.26 Å². The minimum absolute atomic E-state index is 0.347. The van der Waals surface area contributed by atoms with Gasteiger partial charge >= 0.3 is 5.97 Å². The Bertz CT molecular complexity index is 554. The molecule has 3 heteroatoms. The average molecular weight is 269 g/mol. The zero-order chi connectivity index (χ0) is 14.2. The van der Waals surface area contributed by atoms with Crippen LogP contribution in [0.2, 0.25) is 0 Å². The first-order valence-corrected chi connectivity index (χ1v) is 7.32. The van der Waals surface area contributed by atoms with Crippen LogP contribution in [0.5, 0.6) is 0 Å².